The van der Waals surface area contributed by atoms with Crippen LogP contribution in [0.5, 0.6) is 0 Å². The van der Waals surface area contributed by atoms with Crippen LogP contribution in [0.3, 0.4) is 0 Å². The van der Waals surface area contributed by atoms with E-state index in [4.69, 9.17) is 4.74 Å². The number of amides is 1. The average molecular weight is 440 g/mol. The quantitative estimate of drug-likeness (QED) is 0.560. The molecule has 0 aliphatic carbocycles. The summed E-state index contributed by atoms with van der Waals surface area (Å²) in [7, 11) is -3.53. The number of carbonyl (C=O) groups excluding carboxylic acids is 1. The van der Waals surface area contributed by atoms with Crippen molar-refractivity contribution in [2.45, 2.75) is 30.1 Å². The predicted molar refractivity (Wildman–Crippen MR) is 115 cm³/mol. The monoisotopic (exact) mass is 440 g/mol. The van der Waals surface area contributed by atoms with E-state index in [1.54, 1.807) is 48.8 Å². The third-order valence-electron chi connectivity index (χ3n) is 5.22. The molecule has 0 saturated carbocycles. The fourth-order valence-electron chi connectivity index (χ4n) is 3.47. The molecule has 0 unspecified atom stereocenters. The van der Waals surface area contributed by atoms with Gasteiger partial charge in [-0.15, -0.1) is 0 Å². The van der Waals surface area contributed by atoms with Crippen molar-refractivity contribution in [2.75, 3.05) is 11.4 Å². The lowest BCUT2D eigenvalue weighted by molar-refractivity contribution is 0.139. The van der Waals surface area contributed by atoms with Gasteiger partial charge in [-0.2, -0.15) is 0 Å². The summed E-state index contributed by atoms with van der Waals surface area (Å²) in [4.78, 5) is 17.5. The van der Waals surface area contributed by atoms with E-state index in [9.17, 15) is 17.6 Å². The summed E-state index contributed by atoms with van der Waals surface area (Å²) in [6, 6.07) is 13.9. The predicted octanol–water partition coefficient (Wildman–Crippen LogP) is 4.60. The summed E-state index contributed by atoms with van der Waals surface area (Å²) in [6.45, 7) is 2.31. The van der Waals surface area contributed by atoms with Gasteiger partial charge in [0.15, 0.2) is 9.84 Å². The molecule has 160 valence electrons. The van der Waals surface area contributed by atoms with Gasteiger partial charge in [-0.05, 0) is 60.0 Å². The highest BCUT2D eigenvalue weighted by Crippen LogP contribution is 2.30. The van der Waals surface area contributed by atoms with Gasteiger partial charge in [0.2, 0.25) is 0 Å². The fourth-order valence-corrected chi connectivity index (χ4v) is 4.82. The van der Waals surface area contributed by atoms with Crippen molar-refractivity contribution in [1.82, 2.24) is 4.98 Å². The van der Waals surface area contributed by atoms with E-state index < -0.39 is 21.7 Å². The third kappa shape index (κ3) is 4.44. The van der Waals surface area contributed by atoms with Gasteiger partial charge in [0.25, 0.3) is 0 Å². The number of sulfone groups is 1. The Kier molecular flexibility index (Phi) is 5.73. The van der Waals surface area contributed by atoms with Gasteiger partial charge in [-0.1, -0.05) is 19.1 Å². The largest absolute Gasteiger partial charge is 0.444 e. The van der Waals surface area contributed by atoms with E-state index in [0.29, 0.717) is 35.3 Å². The van der Waals surface area contributed by atoms with Gasteiger partial charge < -0.3 is 4.74 Å². The number of rotatable bonds is 6. The molecule has 2 heterocycles. The number of hydrogen-bond donors (Lipinski definition) is 0. The second-order valence-corrected chi connectivity index (χ2v) is 9.32. The summed E-state index contributed by atoms with van der Waals surface area (Å²) in [6.07, 6.45) is 3.11. The first kappa shape index (κ1) is 21.0. The minimum atomic E-state index is -3.53. The Balaban J connectivity index is 1.55. The molecule has 8 heteroatoms. The average Bonchev–Trinajstić information content (AvgIpc) is 3.15. The van der Waals surface area contributed by atoms with Crippen LogP contribution in [0.2, 0.25) is 0 Å². The highest BCUT2D eigenvalue weighted by atomic mass is 32.2. The summed E-state index contributed by atoms with van der Waals surface area (Å²) < 4.78 is 45.3. The lowest BCUT2D eigenvalue weighted by Crippen LogP contribution is -2.24. The molecule has 1 aromatic heterocycles. The zero-order valence-corrected chi connectivity index (χ0v) is 17.7. The molecular formula is C23H21FN2O4S. The number of aromatic nitrogens is 1. The van der Waals surface area contributed by atoms with Crippen molar-refractivity contribution in [1.29, 1.82) is 0 Å². The number of benzene rings is 2. The zero-order chi connectivity index (χ0) is 22.0. The molecule has 1 aliphatic heterocycles. The maximum Gasteiger partial charge on any atom is 0.414 e. The van der Waals surface area contributed by atoms with Crippen LogP contribution in [0, 0.1) is 5.82 Å². The molecule has 1 amide bonds. The number of halogens is 1. The standard InChI is InChI=1S/C23H21FN2O4S/c1-2-19-14-26(23(27)30-19)18-5-8-21(22(24)13-18)17-3-6-20(7-4-17)31(28,29)15-16-9-11-25-12-10-16/h3-13,19H,2,14-15H2,1H3/t19-/m0/s1. The van der Waals surface area contributed by atoms with Crippen molar-refractivity contribution in [3.8, 4) is 11.1 Å². The van der Waals surface area contributed by atoms with Crippen LogP contribution in [0.25, 0.3) is 11.1 Å². The number of pyridine rings is 1. The molecule has 2 aromatic carbocycles. The zero-order valence-electron chi connectivity index (χ0n) is 16.9. The van der Waals surface area contributed by atoms with Gasteiger partial charge >= 0.3 is 6.09 Å². The Bertz CT molecular complexity index is 1200. The van der Waals surface area contributed by atoms with Crippen molar-refractivity contribution in [2.24, 2.45) is 0 Å². The summed E-state index contributed by atoms with van der Waals surface area (Å²) in [5.41, 5.74) is 1.94. The second kappa shape index (κ2) is 8.47. The molecule has 1 fully saturated rings. The minimum Gasteiger partial charge on any atom is -0.444 e. The molecule has 1 saturated heterocycles. The van der Waals surface area contributed by atoms with E-state index in [2.05, 4.69) is 4.98 Å². The summed E-state index contributed by atoms with van der Waals surface area (Å²) in [5, 5.41) is 0. The number of cyclic esters (lactones) is 1. The molecular weight excluding hydrogens is 419 g/mol. The van der Waals surface area contributed by atoms with Crippen molar-refractivity contribution < 1.29 is 22.3 Å². The Morgan fingerprint density at radius 3 is 2.42 bits per heavy atom. The highest BCUT2D eigenvalue weighted by molar-refractivity contribution is 7.90. The number of carbonyl (C=O) groups is 1. The molecule has 1 aliphatic rings. The number of hydrogen-bond acceptors (Lipinski definition) is 5. The number of ether oxygens (including phenoxy) is 1. The van der Waals surface area contributed by atoms with Gasteiger partial charge in [0.1, 0.15) is 11.9 Å². The van der Waals surface area contributed by atoms with Gasteiger partial charge in [0.05, 0.1) is 22.9 Å². The van der Waals surface area contributed by atoms with E-state index in [0.717, 1.165) is 0 Å². The van der Waals surface area contributed by atoms with E-state index in [-0.39, 0.29) is 16.8 Å². The Morgan fingerprint density at radius 1 is 1.10 bits per heavy atom. The first-order valence-corrected chi connectivity index (χ1v) is 11.5. The molecule has 4 rings (SSSR count). The minimum absolute atomic E-state index is 0.136. The molecule has 31 heavy (non-hydrogen) atoms. The van der Waals surface area contributed by atoms with Crippen molar-refractivity contribution in [3.63, 3.8) is 0 Å². The number of anilines is 1. The molecule has 3 aromatic rings. The fraction of sp³-hybridized carbons (Fsp3) is 0.217. The lowest BCUT2D eigenvalue weighted by Gasteiger charge is -2.14. The van der Waals surface area contributed by atoms with E-state index in [1.165, 1.54) is 23.1 Å². The topological polar surface area (TPSA) is 76.6 Å². The van der Waals surface area contributed by atoms with Gasteiger partial charge in [0, 0.05) is 18.0 Å². The SMILES string of the molecule is CC[C@H]1CN(c2ccc(-c3ccc(S(=O)(=O)Cc4ccncc4)cc3)c(F)c2)C(=O)O1. The Labute approximate surface area is 180 Å². The van der Waals surface area contributed by atoms with Crippen LogP contribution in [0.4, 0.5) is 14.9 Å². The van der Waals surface area contributed by atoms with E-state index >= 15 is 0 Å². The van der Waals surface area contributed by atoms with Crippen LogP contribution in [0.1, 0.15) is 18.9 Å². The Morgan fingerprint density at radius 2 is 1.81 bits per heavy atom. The van der Waals surface area contributed by atoms with Crippen molar-refractivity contribution in [3.05, 3.63) is 78.4 Å². The van der Waals surface area contributed by atoms with Crippen molar-refractivity contribution >= 4 is 21.6 Å². The Hall–Kier alpha value is -3.26. The van der Waals surface area contributed by atoms with Crippen LogP contribution in [0.15, 0.2) is 71.9 Å². The van der Waals surface area contributed by atoms with Crippen LogP contribution < -0.4 is 4.90 Å². The molecule has 0 spiro atoms. The van der Waals surface area contributed by atoms with Crippen LogP contribution in [-0.2, 0) is 20.3 Å². The summed E-state index contributed by atoms with van der Waals surface area (Å²) in [5.74, 6) is -0.638. The van der Waals surface area contributed by atoms with Crippen LogP contribution >= 0.6 is 0 Å². The molecule has 1 atom stereocenters. The lowest BCUT2D eigenvalue weighted by atomic mass is 10.0. The number of nitrogens with zero attached hydrogens (tertiary/aromatic N) is 2. The second-order valence-electron chi connectivity index (χ2n) is 7.33. The maximum absolute atomic E-state index is 14.8. The first-order valence-electron chi connectivity index (χ1n) is 9.87. The van der Waals surface area contributed by atoms with Gasteiger partial charge in [-0.3, -0.25) is 9.88 Å². The van der Waals surface area contributed by atoms with Gasteiger partial charge in [-0.25, -0.2) is 17.6 Å². The van der Waals surface area contributed by atoms with Crippen LogP contribution in [-0.4, -0.2) is 32.1 Å². The first-order chi connectivity index (χ1) is 14.9. The smallest absolute Gasteiger partial charge is 0.414 e. The van der Waals surface area contributed by atoms with E-state index in [1.807, 2.05) is 6.92 Å². The molecule has 0 radical (unpaired) electrons. The summed E-state index contributed by atoms with van der Waals surface area (Å²) >= 11 is 0. The molecule has 0 N–H and O–H groups in total. The molecule has 0 bridgehead atoms. The highest BCUT2D eigenvalue weighted by Gasteiger charge is 2.31. The third-order valence-corrected chi connectivity index (χ3v) is 6.93. The normalized spacial score (nSPS) is 16.4. The molecule has 6 nitrogen and oxygen atoms in total. The maximum atomic E-state index is 14.8.